The van der Waals surface area contributed by atoms with E-state index in [0.29, 0.717) is 11.4 Å². The number of carbonyl (C=O) groups is 1. The van der Waals surface area contributed by atoms with E-state index < -0.39 is 6.10 Å². The third-order valence-electron chi connectivity index (χ3n) is 7.38. The van der Waals surface area contributed by atoms with Crippen LogP contribution in [0.2, 0.25) is 5.02 Å². The summed E-state index contributed by atoms with van der Waals surface area (Å²) in [7, 11) is 0. The smallest absolute Gasteiger partial charge is 0.263 e. The van der Waals surface area contributed by atoms with Gasteiger partial charge in [0.15, 0.2) is 6.10 Å². The molecule has 0 saturated carbocycles. The first-order valence-corrected chi connectivity index (χ1v) is 12.3. The van der Waals surface area contributed by atoms with Crippen molar-refractivity contribution in [2.75, 3.05) is 19.7 Å². The number of benzene rings is 1. The first kappa shape index (κ1) is 21.7. The van der Waals surface area contributed by atoms with E-state index in [1.54, 1.807) is 0 Å². The summed E-state index contributed by atoms with van der Waals surface area (Å²) in [6.07, 6.45) is 8.82. The fourth-order valence-corrected chi connectivity index (χ4v) is 6.05. The third kappa shape index (κ3) is 3.80. The van der Waals surface area contributed by atoms with Gasteiger partial charge in [-0.05, 0) is 67.9 Å². The monoisotopic (exact) mass is 454 g/mol. The van der Waals surface area contributed by atoms with Gasteiger partial charge in [-0.3, -0.25) is 9.78 Å². The molecule has 170 valence electrons. The maximum absolute atomic E-state index is 13.1. The largest absolute Gasteiger partial charge is 0.479 e. The third-order valence-corrected chi connectivity index (χ3v) is 7.60. The summed E-state index contributed by atoms with van der Waals surface area (Å²) in [6.45, 7) is 3.96. The first-order valence-electron chi connectivity index (χ1n) is 11.9. The number of amides is 1. The summed E-state index contributed by atoms with van der Waals surface area (Å²) in [5.41, 5.74) is 5.08. The quantitative estimate of drug-likeness (QED) is 0.717. The average molecular weight is 455 g/mol. The lowest BCUT2D eigenvalue weighted by Gasteiger charge is -2.28. The number of carbonyl (C=O) groups excluding carboxylic acids is 1. The maximum atomic E-state index is 13.1. The van der Waals surface area contributed by atoms with Crippen LogP contribution in [0.3, 0.4) is 0 Å². The highest BCUT2D eigenvalue weighted by Gasteiger charge is 2.40. The van der Waals surface area contributed by atoms with Crippen molar-refractivity contribution in [1.82, 2.24) is 9.88 Å². The van der Waals surface area contributed by atoms with Gasteiger partial charge in [0, 0.05) is 59.6 Å². The number of ether oxygens (including phenoxy) is 1. The predicted octanol–water partition coefficient (Wildman–Crippen LogP) is 4.60. The number of halogens is 1. The normalized spacial score (nSPS) is 24.2. The van der Waals surface area contributed by atoms with Crippen LogP contribution in [0.5, 0.6) is 5.75 Å². The van der Waals surface area contributed by atoms with Crippen molar-refractivity contribution >= 4 is 17.5 Å². The number of hydrogen-bond donors (Lipinski definition) is 1. The number of aliphatic hydroxyl groups is 1. The molecular weight excluding hydrogens is 424 g/mol. The molecule has 0 radical (unpaired) electrons. The lowest BCUT2D eigenvalue weighted by atomic mass is 9.81. The first-order chi connectivity index (χ1) is 15.5. The molecule has 1 aromatic carbocycles. The number of rotatable bonds is 5. The van der Waals surface area contributed by atoms with Crippen molar-refractivity contribution in [1.29, 1.82) is 0 Å². The van der Waals surface area contributed by atoms with Gasteiger partial charge in [-0.15, -0.1) is 0 Å². The Labute approximate surface area is 194 Å². The molecule has 1 N–H and O–H groups in total. The standard InChI is InChI=1S/C26H31ClN2O3/c1-2-7-26(16-30)14-21-19(6-8-28-22(21)15-26)20-13-18(27)11-17-12-23(32-24(17)20)25(31)29-9-4-3-5-10-29/h6,8,11,13,23,30H,2-5,7,9-10,12,14-16H2,1H3. The second kappa shape index (κ2) is 8.68. The Bertz CT molecular complexity index is 1030. The highest BCUT2D eigenvalue weighted by atomic mass is 35.5. The summed E-state index contributed by atoms with van der Waals surface area (Å²) in [4.78, 5) is 19.7. The van der Waals surface area contributed by atoms with E-state index in [4.69, 9.17) is 16.3 Å². The molecule has 1 saturated heterocycles. The molecule has 32 heavy (non-hydrogen) atoms. The number of fused-ring (bicyclic) bond motifs is 2. The van der Waals surface area contributed by atoms with E-state index in [9.17, 15) is 9.90 Å². The fourth-order valence-electron chi connectivity index (χ4n) is 5.81. The van der Waals surface area contributed by atoms with Crippen LogP contribution in [-0.2, 0) is 24.1 Å². The number of piperidine rings is 1. The van der Waals surface area contributed by atoms with Gasteiger partial charge in [0.2, 0.25) is 0 Å². The second-order valence-electron chi connectivity index (χ2n) is 9.68. The maximum Gasteiger partial charge on any atom is 0.263 e. The Morgan fingerprint density at radius 1 is 1.25 bits per heavy atom. The molecule has 1 aliphatic carbocycles. The van der Waals surface area contributed by atoms with Crippen LogP contribution in [0.1, 0.15) is 55.8 Å². The number of hydrogen-bond acceptors (Lipinski definition) is 4. The van der Waals surface area contributed by atoms with E-state index in [-0.39, 0.29) is 17.9 Å². The zero-order chi connectivity index (χ0) is 22.3. The van der Waals surface area contributed by atoms with Crippen LogP contribution in [0.15, 0.2) is 24.4 Å². The lowest BCUT2D eigenvalue weighted by Crippen LogP contribution is -2.43. The van der Waals surface area contributed by atoms with Gasteiger partial charge < -0.3 is 14.7 Å². The zero-order valence-electron chi connectivity index (χ0n) is 18.7. The molecule has 0 bridgehead atoms. The molecule has 2 unspecified atom stereocenters. The SMILES string of the molecule is CCCC1(CO)Cc2nccc(-c3cc(Cl)cc4c3OC(C(=O)N3CCCCC3)C4)c2C1. The highest BCUT2D eigenvalue weighted by molar-refractivity contribution is 6.31. The molecule has 2 atom stereocenters. The van der Waals surface area contributed by atoms with E-state index in [1.807, 2.05) is 29.3 Å². The van der Waals surface area contributed by atoms with Crippen LogP contribution in [0.25, 0.3) is 11.1 Å². The van der Waals surface area contributed by atoms with Crippen LogP contribution in [-0.4, -0.2) is 46.7 Å². The molecule has 5 rings (SSSR count). The predicted molar refractivity (Wildman–Crippen MR) is 125 cm³/mol. The minimum Gasteiger partial charge on any atom is -0.479 e. The molecule has 3 aliphatic rings. The molecule has 2 aromatic rings. The summed E-state index contributed by atoms with van der Waals surface area (Å²) in [6, 6.07) is 5.90. The summed E-state index contributed by atoms with van der Waals surface area (Å²) in [5.74, 6) is 0.861. The van der Waals surface area contributed by atoms with Crippen molar-refractivity contribution in [2.45, 2.75) is 64.4 Å². The lowest BCUT2D eigenvalue weighted by molar-refractivity contribution is -0.138. The Morgan fingerprint density at radius 2 is 2.06 bits per heavy atom. The van der Waals surface area contributed by atoms with E-state index in [1.165, 1.54) is 12.0 Å². The van der Waals surface area contributed by atoms with Gasteiger partial charge >= 0.3 is 0 Å². The van der Waals surface area contributed by atoms with E-state index in [2.05, 4.69) is 11.9 Å². The number of pyridine rings is 1. The van der Waals surface area contributed by atoms with Gasteiger partial charge in [0.1, 0.15) is 5.75 Å². The van der Waals surface area contributed by atoms with Crippen LogP contribution < -0.4 is 4.74 Å². The van der Waals surface area contributed by atoms with Gasteiger partial charge in [-0.2, -0.15) is 0 Å². The van der Waals surface area contributed by atoms with Crippen molar-refractivity contribution in [3.8, 4) is 16.9 Å². The minimum atomic E-state index is -0.480. The summed E-state index contributed by atoms with van der Waals surface area (Å²) < 4.78 is 6.33. The Hall–Kier alpha value is -2.11. The molecule has 2 aliphatic heterocycles. The van der Waals surface area contributed by atoms with E-state index >= 15 is 0 Å². The van der Waals surface area contributed by atoms with Crippen LogP contribution in [0, 0.1) is 5.41 Å². The van der Waals surface area contributed by atoms with Crippen molar-refractivity contribution in [2.24, 2.45) is 5.41 Å². The van der Waals surface area contributed by atoms with Gasteiger partial charge in [0.05, 0.1) is 0 Å². The topological polar surface area (TPSA) is 62.7 Å². The molecule has 5 nitrogen and oxygen atoms in total. The van der Waals surface area contributed by atoms with Gasteiger partial charge in [0.25, 0.3) is 5.91 Å². The minimum absolute atomic E-state index is 0.0881. The molecule has 3 heterocycles. The van der Waals surface area contributed by atoms with Crippen molar-refractivity contribution < 1.29 is 14.6 Å². The van der Waals surface area contributed by atoms with Crippen molar-refractivity contribution in [3.63, 3.8) is 0 Å². The molecule has 0 spiro atoms. The highest BCUT2D eigenvalue weighted by Crippen LogP contribution is 2.47. The van der Waals surface area contributed by atoms with Crippen molar-refractivity contribution in [3.05, 3.63) is 46.2 Å². The zero-order valence-corrected chi connectivity index (χ0v) is 19.5. The fraction of sp³-hybridized carbons (Fsp3) is 0.538. The van der Waals surface area contributed by atoms with Gasteiger partial charge in [-0.1, -0.05) is 24.9 Å². The second-order valence-corrected chi connectivity index (χ2v) is 10.1. The molecule has 1 aromatic heterocycles. The number of aliphatic hydroxyl groups excluding tert-OH is 1. The Morgan fingerprint density at radius 3 is 2.81 bits per heavy atom. The molecule has 1 fully saturated rings. The summed E-state index contributed by atoms with van der Waals surface area (Å²) in [5, 5.41) is 10.8. The number of aromatic nitrogens is 1. The Kier molecular flexibility index (Phi) is 5.89. The molecule has 6 heteroatoms. The summed E-state index contributed by atoms with van der Waals surface area (Å²) >= 11 is 6.53. The molecule has 1 amide bonds. The average Bonchev–Trinajstić information content (AvgIpc) is 3.40. The number of nitrogens with zero attached hydrogens (tertiary/aromatic N) is 2. The Balaban J connectivity index is 1.49. The van der Waals surface area contributed by atoms with Crippen LogP contribution in [0.4, 0.5) is 0 Å². The molecular formula is C26H31ClN2O3. The van der Waals surface area contributed by atoms with E-state index in [0.717, 1.165) is 79.7 Å². The van der Waals surface area contributed by atoms with Crippen LogP contribution >= 0.6 is 11.6 Å². The number of likely N-dealkylation sites (tertiary alicyclic amines) is 1. The van der Waals surface area contributed by atoms with Gasteiger partial charge in [-0.25, -0.2) is 0 Å².